The molecule has 0 fully saturated rings. The molecule has 40 heavy (non-hydrogen) atoms. The lowest BCUT2D eigenvalue weighted by Crippen LogP contribution is -2.58. The first-order valence-electron chi connectivity index (χ1n) is 15.4. The van der Waals surface area contributed by atoms with Gasteiger partial charge in [0.15, 0.2) is 0 Å². The van der Waals surface area contributed by atoms with Gasteiger partial charge in [-0.3, -0.25) is 0 Å². The van der Waals surface area contributed by atoms with Gasteiger partial charge < -0.3 is 0 Å². The third kappa shape index (κ3) is 3.09. The van der Waals surface area contributed by atoms with Crippen LogP contribution in [0.25, 0.3) is 16.7 Å². The summed E-state index contributed by atoms with van der Waals surface area (Å²) in [5.74, 6) is 0.785. The zero-order chi connectivity index (χ0) is 29.1. The Hall–Kier alpha value is -2.86. The molecule has 2 aromatic rings. The lowest BCUT2D eigenvalue weighted by atomic mass is 9.36. The average Bonchev–Trinajstić information content (AvgIpc) is 3.37. The Balaban J connectivity index is 1.64. The maximum Gasteiger partial charge on any atom is 0.0196 e. The highest BCUT2D eigenvalue weighted by molar-refractivity contribution is 5.91. The molecule has 0 spiro atoms. The topological polar surface area (TPSA) is 0 Å². The van der Waals surface area contributed by atoms with Crippen molar-refractivity contribution in [3.63, 3.8) is 0 Å². The Morgan fingerprint density at radius 2 is 1.60 bits per heavy atom. The fourth-order valence-electron chi connectivity index (χ4n) is 10.2. The molecule has 5 atom stereocenters. The average molecular weight is 529 g/mol. The van der Waals surface area contributed by atoms with Crippen molar-refractivity contribution in [2.45, 2.75) is 93.9 Å². The van der Waals surface area contributed by atoms with Crippen molar-refractivity contribution in [3.8, 4) is 11.1 Å². The summed E-state index contributed by atoms with van der Waals surface area (Å²) < 4.78 is 0. The van der Waals surface area contributed by atoms with Crippen LogP contribution < -0.4 is 0 Å². The first-order chi connectivity index (χ1) is 18.7. The monoisotopic (exact) mass is 528 g/mol. The van der Waals surface area contributed by atoms with Crippen molar-refractivity contribution in [1.82, 2.24) is 0 Å². The number of aryl methyl sites for hydroxylation is 3. The first kappa shape index (κ1) is 27.3. The number of rotatable bonds is 2. The second-order valence-electron chi connectivity index (χ2n) is 14.4. The van der Waals surface area contributed by atoms with Crippen molar-refractivity contribution in [2.75, 3.05) is 0 Å². The van der Waals surface area contributed by atoms with Crippen LogP contribution in [0.15, 0.2) is 83.5 Å². The van der Waals surface area contributed by atoms with E-state index in [1.165, 1.54) is 86.1 Å². The van der Waals surface area contributed by atoms with Crippen molar-refractivity contribution >= 4 is 5.57 Å². The number of hydrogen-bond donors (Lipinski definition) is 0. The summed E-state index contributed by atoms with van der Waals surface area (Å²) >= 11 is 0. The maximum absolute atomic E-state index is 4.93. The number of fused-ring (bicyclic) bond motifs is 4. The third-order valence-corrected chi connectivity index (χ3v) is 12.9. The molecule has 0 radical (unpaired) electrons. The van der Waals surface area contributed by atoms with Gasteiger partial charge >= 0.3 is 0 Å². The van der Waals surface area contributed by atoms with Crippen LogP contribution in [0.2, 0.25) is 0 Å². The number of benzene rings is 2. The van der Waals surface area contributed by atoms with Gasteiger partial charge in [-0.25, -0.2) is 0 Å². The number of hydrogen-bond acceptors (Lipinski definition) is 0. The Labute approximate surface area is 243 Å². The van der Waals surface area contributed by atoms with Crippen LogP contribution in [0.1, 0.15) is 102 Å². The van der Waals surface area contributed by atoms with Crippen LogP contribution >= 0.6 is 0 Å². The lowest BCUT2D eigenvalue weighted by Gasteiger charge is -2.67. The first-order valence-corrected chi connectivity index (χ1v) is 15.4. The molecule has 0 heteroatoms. The standard InChI is InChI=1S/C40H48/c1-22(2)34-24(4)21-38(10)29(9)39(11)26(6)36-33(32-18-17-30-14-13-15-31(30)20-32)19-16-23(3)35(36)25(5)37(39)28(8)40(38,12)27(34)7/h16-20,26,29H,1,5,7,13-15,21H2,2-4,6,8-12H3/t26-,29+,38+,39-,40-/m1/s1. The molecule has 2 aromatic carbocycles. The van der Waals surface area contributed by atoms with Gasteiger partial charge in [0.1, 0.15) is 0 Å². The second kappa shape index (κ2) is 8.58. The molecular weight excluding hydrogens is 480 g/mol. The summed E-state index contributed by atoms with van der Waals surface area (Å²) in [6.45, 7) is 35.9. The minimum absolute atomic E-state index is 0.0387. The van der Waals surface area contributed by atoms with Gasteiger partial charge in [0.05, 0.1) is 0 Å². The van der Waals surface area contributed by atoms with E-state index in [0.29, 0.717) is 11.8 Å². The van der Waals surface area contributed by atoms with Crippen LogP contribution in [0.5, 0.6) is 0 Å². The van der Waals surface area contributed by atoms with Gasteiger partial charge in [-0.2, -0.15) is 0 Å². The van der Waals surface area contributed by atoms with E-state index in [1.54, 1.807) is 5.56 Å². The quantitative estimate of drug-likeness (QED) is 0.363. The normalized spacial score (nSPS) is 33.0. The van der Waals surface area contributed by atoms with Gasteiger partial charge in [0.2, 0.25) is 0 Å². The van der Waals surface area contributed by atoms with Crippen LogP contribution in [0.3, 0.4) is 0 Å². The van der Waals surface area contributed by atoms with Crippen molar-refractivity contribution < 1.29 is 0 Å². The van der Waals surface area contributed by atoms with Crippen molar-refractivity contribution in [2.24, 2.45) is 22.2 Å². The van der Waals surface area contributed by atoms with Crippen molar-refractivity contribution in [1.29, 1.82) is 0 Å². The smallest absolute Gasteiger partial charge is 0.0196 e. The Bertz CT molecular complexity index is 1600. The summed E-state index contributed by atoms with van der Waals surface area (Å²) in [5, 5.41) is 0. The molecule has 208 valence electrons. The van der Waals surface area contributed by atoms with E-state index in [2.05, 4.69) is 99.2 Å². The fraction of sp³-hybridized carbons (Fsp3) is 0.450. The molecule has 0 saturated heterocycles. The minimum Gasteiger partial charge on any atom is -0.0955 e. The van der Waals surface area contributed by atoms with Crippen LogP contribution in [-0.4, -0.2) is 0 Å². The summed E-state index contributed by atoms with van der Waals surface area (Å²) in [5.41, 5.74) is 19.3. The van der Waals surface area contributed by atoms with Crippen LogP contribution in [0.4, 0.5) is 0 Å². The molecule has 4 aliphatic rings. The highest BCUT2D eigenvalue weighted by atomic mass is 14.7. The molecule has 0 amide bonds. The summed E-state index contributed by atoms with van der Waals surface area (Å²) in [6, 6.07) is 12.0. The molecule has 6 rings (SSSR count). The summed E-state index contributed by atoms with van der Waals surface area (Å²) in [7, 11) is 0. The third-order valence-electron chi connectivity index (χ3n) is 12.9. The molecule has 0 aliphatic heterocycles. The van der Waals surface area contributed by atoms with Gasteiger partial charge in [-0.1, -0.05) is 101 Å². The predicted molar refractivity (Wildman–Crippen MR) is 174 cm³/mol. The highest BCUT2D eigenvalue weighted by Crippen LogP contribution is 2.74. The van der Waals surface area contributed by atoms with E-state index >= 15 is 0 Å². The molecule has 0 saturated carbocycles. The predicted octanol–water partition coefficient (Wildman–Crippen LogP) is 11.1. The van der Waals surface area contributed by atoms with Crippen LogP contribution in [-0.2, 0) is 12.8 Å². The van der Waals surface area contributed by atoms with E-state index in [9.17, 15) is 0 Å². The van der Waals surface area contributed by atoms with E-state index in [-0.39, 0.29) is 16.2 Å². The SMILES string of the molecule is C=C(C)C1=C(C)C[C@@]2(C)[C@H](C)[C@]3(C)C(=C(C)[C@@]2(C)C1=C)C(=C)c1c(C)ccc(-c2ccc4c(c2)CCC4)c1[C@H]3C. The van der Waals surface area contributed by atoms with E-state index in [1.807, 2.05) is 0 Å². The minimum atomic E-state index is -0.152. The molecule has 0 N–H and O–H groups in total. The molecule has 0 unspecified atom stereocenters. The Kier molecular flexibility index (Phi) is 5.86. The van der Waals surface area contributed by atoms with Gasteiger partial charge in [-0.15, -0.1) is 0 Å². The van der Waals surface area contributed by atoms with Gasteiger partial charge in [0.25, 0.3) is 0 Å². The number of allylic oxidation sites excluding steroid dienone is 7. The van der Waals surface area contributed by atoms with E-state index < -0.39 is 0 Å². The van der Waals surface area contributed by atoms with E-state index in [4.69, 9.17) is 13.2 Å². The highest BCUT2D eigenvalue weighted by Gasteiger charge is 2.65. The largest absolute Gasteiger partial charge is 0.0955 e. The molecule has 0 nitrogen and oxygen atoms in total. The summed E-state index contributed by atoms with van der Waals surface area (Å²) in [6.07, 6.45) is 4.79. The molecule has 0 aromatic heterocycles. The van der Waals surface area contributed by atoms with Crippen LogP contribution in [0, 0.1) is 29.1 Å². The fourth-order valence-corrected chi connectivity index (χ4v) is 10.2. The molecule has 0 heterocycles. The van der Waals surface area contributed by atoms with Gasteiger partial charge in [-0.05, 0) is 132 Å². The Morgan fingerprint density at radius 3 is 2.27 bits per heavy atom. The Morgan fingerprint density at radius 1 is 0.925 bits per heavy atom. The lowest BCUT2D eigenvalue weighted by molar-refractivity contribution is -0.0260. The molecular formula is C40H48. The second-order valence-corrected chi connectivity index (χ2v) is 14.4. The molecule has 0 bridgehead atoms. The zero-order valence-corrected chi connectivity index (χ0v) is 26.5. The maximum atomic E-state index is 4.93. The molecule has 4 aliphatic carbocycles. The van der Waals surface area contributed by atoms with Gasteiger partial charge in [0, 0.05) is 10.8 Å². The summed E-state index contributed by atoms with van der Waals surface area (Å²) in [4.78, 5) is 0. The van der Waals surface area contributed by atoms with E-state index in [0.717, 1.165) is 12.0 Å². The zero-order valence-electron chi connectivity index (χ0n) is 26.5. The van der Waals surface area contributed by atoms with Crippen molar-refractivity contribution in [3.05, 3.63) is 111 Å².